The van der Waals surface area contributed by atoms with Crippen LogP contribution in [0, 0.1) is 0 Å². The maximum Gasteiger partial charge on any atom is 0.0805 e. The molecule has 0 amide bonds. The number of likely N-dealkylation sites (N-methyl/N-ethyl adjacent to an activating group) is 1. The number of hydrogen-bond donors (Lipinski definition) is 2. The molecule has 1 aromatic rings. The van der Waals surface area contributed by atoms with Crippen LogP contribution in [0.25, 0.3) is 0 Å². The molecule has 110 valence electrons. The van der Waals surface area contributed by atoms with Gasteiger partial charge in [-0.25, -0.2) is 0 Å². The molecule has 2 rings (SSSR count). The highest BCUT2D eigenvalue weighted by Crippen LogP contribution is 2.27. The van der Waals surface area contributed by atoms with Gasteiger partial charge in [-0.3, -0.25) is 4.90 Å². The van der Waals surface area contributed by atoms with Gasteiger partial charge >= 0.3 is 0 Å². The van der Waals surface area contributed by atoms with Gasteiger partial charge in [0.2, 0.25) is 0 Å². The first-order valence-corrected chi connectivity index (χ1v) is 7.37. The van der Waals surface area contributed by atoms with E-state index in [-0.39, 0.29) is 12.1 Å². The third kappa shape index (κ3) is 3.92. The number of aliphatic hydroxyl groups is 2. The van der Waals surface area contributed by atoms with Crippen LogP contribution in [0.15, 0.2) is 42.5 Å². The Balaban J connectivity index is 1.97. The molecule has 4 atom stereocenters. The lowest BCUT2D eigenvalue weighted by molar-refractivity contribution is 0.0783. The van der Waals surface area contributed by atoms with Gasteiger partial charge in [0.25, 0.3) is 0 Å². The van der Waals surface area contributed by atoms with Gasteiger partial charge in [0.05, 0.1) is 12.2 Å². The van der Waals surface area contributed by atoms with Crippen LogP contribution < -0.4 is 0 Å². The molecule has 0 spiro atoms. The Morgan fingerprint density at radius 2 is 1.90 bits per heavy atom. The van der Waals surface area contributed by atoms with Crippen molar-refractivity contribution < 1.29 is 10.2 Å². The molecule has 4 unspecified atom stereocenters. The van der Waals surface area contributed by atoms with Gasteiger partial charge in [0, 0.05) is 12.1 Å². The summed E-state index contributed by atoms with van der Waals surface area (Å²) < 4.78 is 0. The molecule has 3 heteroatoms. The van der Waals surface area contributed by atoms with Crippen molar-refractivity contribution in [3.8, 4) is 0 Å². The van der Waals surface area contributed by atoms with Crippen molar-refractivity contribution in [3.05, 3.63) is 48.0 Å². The van der Waals surface area contributed by atoms with E-state index in [1.165, 1.54) is 0 Å². The van der Waals surface area contributed by atoms with Gasteiger partial charge in [-0.1, -0.05) is 42.5 Å². The largest absolute Gasteiger partial charge is 0.393 e. The fourth-order valence-corrected chi connectivity index (χ4v) is 2.89. The lowest BCUT2D eigenvalue weighted by Crippen LogP contribution is -2.43. The SMILES string of the molecule is CC(O)CC1C=CCC(CC(O)c2ccccc2)N1C. The zero-order chi connectivity index (χ0) is 14.5. The Morgan fingerprint density at radius 3 is 2.55 bits per heavy atom. The Morgan fingerprint density at radius 1 is 1.20 bits per heavy atom. The summed E-state index contributed by atoms with van der Waals surface area (Å²) in [5, 5.41) is 19.9. The number of rotatable bonds is 5. The van der Waals surface area contributed by atoms with E-state index in [0.717, 1.165) is 24.8 Å². The second-order valence-electron chi connectivity index (χ2n) is 5.80. The summed E-state index contributed by atoms with van der Waals surface area (Å²) in [6.07, 6.45) is 6.03. The van der Waals surface area contributed by atoms with Crippen molar-refractivity contribution in [2.45, 2.75) is 50.5 Å². The van der Waals surface area contributed by atoms with E-state index in [1.54, 1.807) is 0 Å². The number of hydrogen-bond acceptors (Lipinski definition) is 3. The van der Waals surface area contributed by atoms with Crippen LogP contribution in [-0.2, 0) is 0 Å². The van der Waals surface area contributed by atoms with E-state index in [0.29, 0.717) is 6.04 Å². The monoisotopic (exact) mass is 275 g/mol. The standard InChI is InChI=1S/C17H25NO2/c1-13(19)11-15-9-6-10-16(18(15)2)12-17(20)14-7-4-3-5-8-14/h3-9,13,15-17,19-20H,10-12H2,1-2H3. The Hall–Kier alpha value is -1.16. The van der Waals surface area contributed by atoms with E-state index in [9.17, 15) is 10.2 Å². The molecule has 3 nitrogen and oxygen atoms in total. The molecular formula is C17H25NO2. The molecule has 0 saturated carbocycles. The maximum atomic E-state index is 10.4. The second kappa shape index (κ2) is 7.02. The summed E-state index contributed by atoms with van der Waals surface area (Å²) in [6.45, 7) is 1.82. The second-order valence-corrected chi connectivity index (χ2v) is 5.80. The van der Waals surface area contributed by atoms with Crippen LogP contribution >= 0.6 is 0 Å². The summed E-state index contributed by atoms with van der Waals surface area (Å²) in [6, 6.07) is 10.4. The first-order valence-electron chi connectivity index (χ1n) is 7.37. The van der Waals surface area contributed by atoms with Crippen molar-refractivity contribution in [1.29, 1.82) is 0 Å². The molecule has 2 N–H and O–H groups in total. The van der Waals surface area contributed by atoms with Crippen LogP contribution in [0.2, 0.25) is 0 Å². The molecule has 0 saturated heterocycles. The highest BCUT2D eigenvalue weighted by atomic mass is 16.3. The third-order valence-electron chi connectivity index (χ3n) is 4.13. The van der Waals surface area contributed by atoms with E-state index in [2.05, 4.69) is 24.1 Å². The van der Waals surface area contributed by atoms with Crippen LogP contribution in [0.3, 0.4) is 0 Å². The van der Waals surface area contributed by atoms with E-state index in [4.69, 9.17) is 0 Å². The Bertz CT molecular complexity index is 430. The molecule has 0 aliphatic carbocycles. The normalized spacial score (nSPS) is 26.4. The zero-order valence-electron chi connectivity index (χ0n) is 12.3. The van der Waals surface area contributed by atoms with Crippen LogP contribution in [-0.4, -0.2) is 40.3 Å². The summed E-state index contributed by atoms with van der Waals surface area (Å²) in [7, 11) is 2.08. The molecule has 1 aliphatic rings. The van der Waals surface area contributed by atoms with Gasteiger partial charge in [-0.15, -0.1) is 0 Å². The van der Waals surface area contributed by atoms with Gasteiger partial charge in [0.15, 0.2) is 0 Å². The van der Waals surface area contributed by atoms with Crippen LogP contribution in [0.5, 0.6) is 0 Å². The smallest absolute Gasteiger partial charge is 0.0805 e. The van der Waals surface area contributed by atoms with Gasteiger partial charge < -0.3 is 10.2 Å². The summed E-state index contributed by atoms with van der Waals surface area (Å²) >= 11 is 0. The molecule has 0 bridgehead atoms. The predicted molar refractivity (Wildman–Crippen MR) is 81.4 cm³/mol. The fraction of sp³-hybridized carbons (Fsp3) is 0.529. The molecule has 1 aliphatic heterocycles. The lowest BCUT2D eigenvalue weighted by Gasteiger charge is -2.38. The average Bonchev–Trinajstić information content (AvgIpc) is 2.43. The minimum atomic E-state index is -0.428. The van der Waals surface area contributed by atoms with Crippen LogP contribution in [0.4, 0.5) is 0 Å². The molecule has 20 heavy (non-hydrogen) atoms. The maximum absolute atomic E-state index is 10.4. The molecular weight excluding hydrogens is 250 g/mol. The molecule has 1 aromatic carbocycles. The van der Waals surface area contributed by atoms with Crippen molar-refractivity contribution in [2.24, 2.45) is 0 Å². The highest BCUT2D eigenvalue weighted by molar-refractivity contribution is 5.18. The number of aliphatic hydroxyl groups excluding tert-OH is 2. The minimum absolute atomic E-state index is 0.261. The topological polar surface area (TPSA) is 43.7 Å². The molecule has 1 heterocycles. The number of benzene rings is 1. The molecule has 0 radical (unpaired) electrons. The average molecular weight is 275 g/mol. The van der Waals surface area contributed by atoms with E-state index >= 15 is 0 Å². The van der Waals surface area contributed by atoms with Gasteiger partial charge in [-0.2, -0.15) is 0 Å². The first-order chi connectivity index (χ1) is 9.58. The van der Waals surface area contributed by atoms with E-state index in [1.807, 2.05) is 37.3 Å². The van der Waals surface area contributed by atoms with Crippen molar-refractivity contribution >= 4 is 0 Å². The van der Waals surface area contributed by atoms with E-state index < -0.39 is 6.10 Å². The number of nitrogens with zero attached hydrogens (tertiary/aromatic N) is 1. The summed E-state index contributed by atoms with van der Waals surface area (Å²) in [5.41, 5.74) is 0.975. The van der Waals surface area contributed by atoms with Crippen molar-refractivity contribution in [3.63, 3.8) is 0 Å². The molecule has 0 fully saturated rings. The van der Waals surface area contributed by atoms with Crippen molar-refractivity contribution in [2.75, 3.05) is 7.05 Å². The Labute approximate surface area is 121 Å². The van der Waals surface area contributed by atoms with Crippen molar-refractivity contribution in [1.82, 2.24) is 4.90 Å². The zero-order valence-corrected chi connectivity index (χ0v) is 12.3. The van der Waals surface area contributed by atoms with Gasteiger partial charge in [0.1, 0.15) is 0 Å². The van der Waals surface area contributed by atoms with Crippen LogP contribution in [0.1, 0.15) is 37.9 Å². The minimum Gasteiger partial charge on any atom is -0.393 e. The highest BCUT2D eigenvalue weighted by Gasteiger charge is 2.27. The first kappa shape index (κ1) is 15.2. The third-order valence-corrected chi connectivity index (χ3v) is 4.13. The Kier molecular flexibility index (Phi) is 5.35. The summed E-state index contributed by atoms with van der Waals surface area (Å²) in [5.74, 6) is 0. The molecule has 0 aromatic heterocycles. The predicted octanol–water partition coefficient (Wildman–Crippen LogP) is 2.51. The quantitative estimate of drug-likeness (QED) is 0.812. The van der Waals surface area contributed by atoms with Gasteiger partial charge in [-0.05, 0) is 38.8 Å². The fourth-order valence-electron chi connectivity index (χ4n) is 2.89. The summed E-state index contributed by atoms with van der Waals surface area (Å²) in [4.78, 5) is 2.28. The lowest BCUT2D eigenvalue weighted by atomic mass is 9.93.